The van der Waals surface area contributed by atoms with Gasteiger partial charge >= 0.3 is 0 Å². The molecule has 0 saturated carbocycles. The van der Waals surface area contributed by atoms with E-state index in [1.807, 2.05) is 51.5 Å². The van der Waals surface area contributed by atoms with Crippen LogP contribution >= 0.6 is 0 Å². The second kappa shape index (κ2) is 7.12. The van der Waals surface area contributed by atoms with Gasteiger partial charge in [0.1, 0.15) is 11.8 Å². The summed E-state index contributed by atoms with van der Waals surface area (Å²) >= 11 is 0. The topological polar surface area (TPSA) is 52.3 Å². The maximum atomic E-state index is 12.9. The van der Waals surface area contributed by atoms with E-state index in [1.165, 1.54) is 0 Å². The van der Waals surface area contributed by atoms with Crippen LogP contribution in [0.2, 0.25) is 0 Å². The summed E-state index contributed by atoms with van der Waals surface area (Å²) < 4.78 is 1.70. The van der Waals surface area contributed by atoms with Crippen LogP contribution in [0.5, 0.6) is 0 Å². The number of aryl methyl sites for hydroxylation is 1. The molecule has 5 nitrogen and oxygen atoms in total. The van der Waals surface area contributed by atoms with Crippen molar-refractivity contribution < 1.29 is 4.79 Å². The first-order chi connectivity index (χ1) is 10.9. The Morgan fingerprint density at radius 3 is 2.43 bits per heavy atom. The second-order valence-corrected chi connectivity index (χ2v) is 5.94. The van der Waals surface area contributed by atoms with Crippen LogP contribution in [0, 0.1) is 11.3 Å². The van der Waals surface area contributed by atoms with E-state index in [0.717, 1.165) is 12.1 Å². The summed E-state index contributed by atoms with van der Waals surface area (Å²) in [6.07, 6.45) is 1.67. The number of carbonyl (C=O) groups is 1. The third kappa shape index (κ3) is 3.79. The lowest BCUT2D eigenvalue weighted by Gasteiger charge is -2.31. The average Bonchev–Trinajstić information content (AvgIpc) is 2.93. The number of nitrogens with zero attached hydrogens (tertiary/aromatic N) is 4. The van der Waals surface area contributed by atoms with Crippen LogP contribution in [0.15, 0.2) is 42.6 Å². The van der Waals surface area contributed by atoms with Gasteiger partial charge in [0.05, 0.1) is 11.6 Å². The summed E-state index contributed by atoms with van der Waals surface area (Å²) in [6, 6.07) is 13.6. The molecule has 1 unspecified atom stereocenters. The first kappa shape index (κ1) is 16.8. The molecule has 5 heteroatoms. The lowest BCUT2D eigenvalue weighted by atomic mass is 10.0. The van der Waals surface area contributed by atoms with E-state index < -0.39 is 0 Å². The molecule has 0 saturated heterocycles. The van der Waals surface area contributed by atoms with Gasteiger partial charge < -0.3 is 14.4 Å². The molecule has 0 aliphatic rings. The van der Waals surface area contributed by atoms with Gasteiger partial charge in [-0.25, -0.2) is 0 Å². The van der Waals surface area contributed by atoms with E-state index in [-0.39, 0.29) is 11.9 Å². The highest BCUT2D eigenvalue weighted by atomic mass is 16.2. The van der Waals surface area contributed by atoms with Crippen molar-refractivity contribution in [2.45, 2.75) is 6.04 Å². The highest BCUT2D eigenvalue weighted by Crippen LogP contribution is 2.22. The van der Waals surface area contributed by atoms with Crippen molar-refractivity contribution in [1.82, 2.24) is 14.4 Å². The van der Waals surface area contributed by atoms with Crippen LogP contribution in [-0.4, -0.2) is 48.0 Å². The Balaban J connectivity index is 2.33. The Hall–Kier alpha value is -2.58. The van der Waals surface area contributed by atoms with Crippen LogP contribution in [-0.2, 0) is 7.05 Å². The average molecular weight is 310 g/mol. The van der Waals surface area contributed by atoms with Gasteiger partial charge in [-0.1, -0.05) is 30.3 Å². The number of aromatic nitrogens is 1. The summed E-state index contributed by atoms with van der Waals surface area (Å²) in [5.74, 6) is -0.0929. The van der Waals surface area contributed by atoms with Gasteiger partial charge in [0.15, 0.2) is 0 Å². The fraction of sp³-hybridized carbons (Fsp3) is 0.333. The number of hydrogen-bond acceptors (Lipinski definition) is 3. The van der Waals surface area contributed by atoms with E-state index in [4.69, 9.17) is 5.26 Å². The zero-order chi connectivity index (χ0) is 17.0. The smallest absolute Gasteiger partial charge is 0.270 e. The van der Waals surface area contributed by atoms with Gasteiger partial charge in [-0.3, -0.25) is 4.79 Å². The predicted octanol–water partition coefficient (Wildman–Crippen LogP) is 2.27. The third-order valence-electron chi connectivity index (χ3n) is 3.86. The van der Waals surface area contributed by atoms with Crippen molar-refractivity contribution in [3.8, 4) is 6.07 Å². The van der Waals surface area contributed by atoms with Crippen LogP contribution < -0.4 is 0 Å². The minimum atomic E-state index is -0.0929. The van der Waals surface area contributed by atoms with Crippen molar-refractivity contribution in [2.24, 2.45) is 7.05 Å². The summed E-state index contributed by atoms with van der Waals surface area (Å²) in [7, 11) is 7.57. The lowest BCUT2D eigenvalue weighted by Crippen LogP contribution is -2.37. The molecule has 2 rings (SSSR count). The van der Waals surface area contributed by atoms with Crippen molar-refractivity contribution in [3.05, 3.63) is 59.4 Å². The van der Waals surface area contributed by atoms with Crippen LogP contribution in [0.3, 0.4) is 0 Å². The minimum absolute atomic E-state index is 0.0564. The van der Waals surface area contributed by atoms with Crippen molar-refractivity contribution >= 4 is 5.91 Å². The van der Waals surface area contributed by atoms with Crippen LogP contribution in [0.1, 0.15) is 27.7 Å². The van der Waals surface area contributed by atoms with Gasteiger partial charge in [-0.15, -0.1) is 0 Å². The van der Waals surface area contributed by atoms with Crippen molar-refractivity contribution in [1.29, 1.82) is 5.26 Å². The van der Waals surface area contributed by atoms with Crippen LogP contribution in [0.25, 0.3) is 0 Å². The Bertz CT molecular complexity index is 712. The monoisotopic (exact) mass is 310 g/mol. The number of benzene rings is 1. The molecule has 0 bridgehead atoms. The van der Waals surface area contributed by atoms with E-state index in [1.54, 1.807) is 28.8 Å². The number of carbonyl (C=O) groups excluding carboxylic acids is 1. The molecule has 2 aromatic rings. The second-order valence-electron chi connectivity index (χ2n) is 5.94. The van der Waals surface area contributed by atoms with E-state index in [9.17, 15) is 4.79 Å². The highest BCUT2D eigenvalue weighted by molar-refractivity contribution is 5.93. The molecule has 0 radical (unpaired) electrons. The zero-order valence-corrected chi connectivity index (χ0v) is 14.0. The Labute approximate surface area is 137 Å². The van der Waals surface area contributed by atoms with Crippen molar-refractivity contribution in [2.75, 3.05) is 27.7 Å². The molecule has 0 spiro atoms. The SMILES string of the molecule is CN(C)CC(c1ccccc1)N(C)C(=O)c1cc(C#N)cn1C. The number of hydrogen-bond donors (Lipinski definition) is 0. The van der Waals surface area contributed by atoms with Gasteiger partial charge in [0, 0.05) is 26.8 Å². The maximum absolute atomic E-state index is 12.9. The Morgan fingerprint density at radius 1 is 1.26 bits per heavy atom. The molecule has 120 valence electrons. The largest absolute Gasteiger partial charge is 0.345 e. The Morgan fingerprint density at radius 2 is 1.91 bits per heavy atom. The Kier molecular flexibility index (Phi) is 5.20. The highest BCUT2D eigenvalue weighted by Gasteiger charge is 2.25. The number of amides is 1. The third-order valence-corrected chi connectivity index (χ3v) is 3.86. The molecule has 23 heavy (non-hydrogen) atoms. The summed E-state index contributed by atoms with van der Waals surface area (Å²) in [6.45, 7) is 0.724. The van der Waals surface area contributed by atoms with Crippen LogP contribution in [0.4, 0.5) is 0 Å². The first-order valence-electron chi connectivity index (χ1n) is 7.47. The number of nitriles is 1. The molecule has 1 atom stereocenters. The molecule has 1 aromatic carbocycles. The summed E-state index contributed by atoms with van der Waals surface area (Å²) in [5.41, 5.74) is 2.10. The molecule has 1 aromatic heterocycles. The summed E-state index contributed by atoms with van der Waals surface area (Å²) in [5, 5.41) is 9.01. The summed E-state index contributed by atoms with van der Waals surface area (Å²) in [4.78, 5) is 16.7. The maximum Gasteiger partial charge on any atom is 0.270 e. The minimum Gasteiger partial charge on any atom is -0.345 e. The molecule has 0 fully saturated rings. The van der Waals surface area contributed by atoms with Gasteiger partial charge in [0.25, 0.3) is 5.91 Å². The molecule has 1 amide bonds. The molecule has 0 N–H and O–H groups in total. The molecule has 1 heterocycles. The van der Waals surface area contributed by atoms with Gasteiger partial charge in [-0.2, -0.15) is 5.26 Å². The quantitative estimate of drug-likeness (QED) is 0.851. The van der Waals surface area contributed by atoms with E-state index in [2.05, 4.69) is 11.0 Å². The van der Waals surface area contributed by atoms with E-state index >= 15 is 0 Å². The number of rotatable bonds is 5. The molecular formula is C18H22N4O. The van der Waals surface area contributed by atoms with E-state index in [0.29, 0.717) is 11.3 Å². The lowest BCUT2D eigenvalue weighted by molar-refractivity contribution is 0.0695. The fourth-order valence-corrected chi connectivity index (χ4v) is 2.63. The zero-order valence-electron chi connectivity index (χ0n) is 14.0. The molecular weight excluding hydrogens is 288 g/mol. The predicted molar refractivity (Wildman–Crippen MR) is 90.0 cm³/mol. The van der Waals surface area contributed by atoms with Gasteiger partial charge in [-0.05, 0) is 25.7 Å². The first-order valence-corrected chi connectivity index (χ1v) is 7.47. The van der Waals surface area contributed by atoms with Crippen molar-refractivity contribution in [3.63, 3.8) is 0 Å². The van der Waals surface area contributed by atoms with Gasteiger partial charge in [0.2, 0.25) is 0 Å². The number of likely N-dealkylation sites (N-methyl/N-ethyl adjacent to an activating group) is 2. The molecule has 0 aliphatic carbocycles. The fourth-order valence-electron chi connectivity index (χ4n) is 2.63. The standard InChI is InChI=1S/C18H22N4O/c1-20(2)13-17(15-8-6-5-7-9-15)22(4)18(23)16-10-14(11-19)12-21(16)3/h5-10,12,17H,13H2,1-4H3. The normalized spacial score (nSPS) is 12.0. The molecule has 0 aliphatic heterocycles.